The summed E-state index contributed by atoms with van der Waals surface area (Å²) >= 11 is 6.21. The fraction of sp³-hybridized carbons (Fsp3) is 0.375. The van der Waals surface area contributed by atoms with Gasteiger partial charge in [0.2, 0.25) is 0 Å². The molecule has 0 bridgehead atoms. The third-order valence-corrected chi connectivity index (χ3v) is 3.65. The summed E-state index contributed by atoms with van der Waals surface area (Å²) in [5, 5.41) is 7.23. The Morgan fingerprint density at radius 3 is 2.73 bits per heavy atom. The minimum Gasteiger partial charge on any atom is -0.465 e. The van der Waals surface area contributed by atoms with E-state index in [2.05, 4.69) is 10.5 Å². The van der Waals surface area contributed by atoms with Crippen LogP contribution < -0.4 is 10.1 Å². The zero-order valence-corrected chi connectivity index (χ0v) is 13.7. The van der Waals surface area contributed by atoms with Crippen LogP contribution in [0.3, 0.4) is 0 Å². The first-order valence-corrected chi connectivity index (χ1v) is 7.59. The van der Waals surface area contributed by atoms with Crippen molar-refractivity contribution in [3.05, 3.63) is 40.1 Å². The lowest BCUT2D eigenvalue weighted by atomic mass is 10.0. The molecule has 0 radical (unpaired) electrons. The van der Waals surface area contributed by atoms with Gasteiger partial charge in [0.15, 0.2) is 6.61 Å². The molecule has 22 heavy (non-hydrogen) atoms. The van der Waals surface area contributed by atoms with Gasteiger partial charge < -0.3 is 14.6 Å². The molecule has 0 atom stereocenters. The van der Waals surface area contributed by atoms with Crippen molar-refractivity contribution in [3.8, 4) is 5.88 Å². The Bertz CT molecular complexity index is 667. The molecule has 0 spiro atoms. The molecule has 1 N–H and O–H groups in total. The molecule has 0 saturated carbocycles. The van der Waals surface area contributed by atoms with E-state index in [-0.39, 0.29) is 12.5 Å². The van der Waals surface area contributed by atoms with Crippen LogP contribution in [0.1, 0.15) is 30.7 Å². The summed E-state index contributed by atoms with van der Waals surface area (Å²) in [5.74, 6) is 0.671. The van der Waals surface area contributed by atoms with Gasteiger partial charge in [0.1, 0.15) is 5.76 Å². The van der Waals surface area contributed by atoms with E-state index in [0.29, 0.717) is 16.7 Å². The first kappa shape index (κ1) is 16.4. The molecule has 0 aliphatic rings. The number of halogens is 1. The van der Waals surface area contributed by atoms with Crippen LogP contribution in [-0.4, -0.2) is 17.7 Å². The Balaban J connectivity index is 2.09. The van der Waals surface area contributed by atoms with Gasteiger partial charge in [0, 0.05) is 16.8 Å². The first-order chi connectivity index (χ1) is 10.5. The van der Waals surface area contributed by atoms with E-state index >= 15 is 0 Å². The minimum absolute atomic E-state index is 0.134. The number of anilines is 1. The smallest absolute Gasteiger partial charge is 0.262 e. The molecular formula is C16H19ClN2O3. The number of aromatic nitrogens is 1. The van der Waals surface area contributed by atoms with E-state index in [1.807, 2.05) is 26.0 Å². The largest absolute Gasteiger partial charge is 0.465 e. The van der Waals surface area contributed by atoms with Crippen molar-refractivity contribution in [2.75, 3.05) is 11.9 Å². The lowest BCUT2D eigenvalue weighted by Gasteiger charge is -2.15. The van der Waals surface area contributed by atoms with Crippen molar-refractivity contribution >= 4 is 23.2 Å². The summed E-state index contributed by atoms with van der Waals surface area (Å²) in [7, 11) is 0. The molecule has 1 heterocycles. The fourth-order valence-corrected chi connectivity index (χ4v) is 2.48. The van der Waals surface area contributed by atoms with E-state index in [1.54, 1.807) is 13.0 Å². The highest BCUT2D eigenvalue weighted by Crippen LogP contribution is 2.29. The maximum absolute atomic E-state index is 12.1. The highest BCUT2D eigenvalue weighted by molar-refractivity contribution is 6.32. The molecule has 5 nitrogen and oxygen atoms in total. The van der Waals surface area contributed by atoms with Crippen molar-refractivity contribution in [2.24, 2.45) is 0 Å². The van der Waals surface area contributed by atoms with Crippen LogP contribution in [0.5, 0.6) is 5.88 Å². The first-order valence-electron chi connectivity index (χ1n) is 7.21. The zero-order chi connectivity index (χ0) is 16.1. The fourth-order valence-electron chi connectivity index (χ4n) is 2.19. The summed E-state index contributed by atoms with van der Waals surface area (Å²) in [6.07, 6.45) is 1.55. The molecule has 6 heteroatoms. The summed E-state index contributed by atoms with van der Waals surface area (Å²) in [6.45, 7) is 5.66. The van der Waals surface area contributed by atoms with Gasteiger partial charge in [0.25, 0.3) is 11.8 Å². The van der Waals surface area contributed by atoms with Crippen LogP contribution >= 0.6 is 11.6 Å². The summed E-state index contributed by atoms with van der Waals surface area (Å²) in [5.41, 5.74) is 2.76. The van der Waals surface area contributed by atoms with Crippen molar-refractivity contribution in [3.63, 3.8) is 0 Å². The molecule has 0 aliphatic carbocycles. The molecule has 1 aromatic heterocycles. The molecule has 0 unspecified atom stereocenters. The van der Waals surface area contributed by atoms with Gasteiger partial charge in [0.05, 0.1) is 0 Å². The third kappa shape index (κ3) is 3.80. The van der Waals surface area contributed by atoms with Crippen LogP contribution in [0.4, 0.5) is 5.69 Å². The number of hydrogen-bond acceptors (Lipinski definition) is 4. The number of amides is 1. The second kappa shape index (κ2) is 7.31. The maximum Gasteiger partial charge on any atom is 0.262 e. The topological polar surface area (TPSA) is 64.4 Å². The lowest BCUT2D eigenvalue weighted by molar-refractivity contribution is -0.118. The highest BCUT2D eigenvalue weighted by atomic mass is 35.5. The highest BCUT2D eigenvalue weighted by Gasteiger charge is 2.14. The van der Waals surface area contributed by atoms with E-state index in [0.717, 1.165) is 29.7 Å². The summed E-state index contributed by atoms with van der Waals surface area (Å²) in [4.78, 5) is 12.1. The molecule has 0 saturated heterocycles. The van der Waals surface area contributed by atoms with E-state index in [9.17, 15) is 4.79 Å². The number of nitrogens with one attached hydrogen (secondary N) is 1. The van der Waals surface area contributed by atoms with Crippen LogP contribution in [0.2, 0.25) is 5.02 Å². The Morgan fingerprint density at radius 2 is 2.14 bits per heavy atom. The van der Waals surface area contributed by atoms with Crippen LogP contribution in [0.15, 0.2) is 22.7 Å². The number of benzene rings is 1. The van der Waals surface area contributed by atoms with Crippen molar-refractivity contribution in [2.45, 2.75) is 33.6 Å². The van der Waals surface area contributed by atoms with Crippen LogP contribution in [-0.2, 0) is 17.6 Å². The summed E-state index contributed by atoms with van der Waals surface area (Å²) in [6, 6.07) is 5.42. The number of carbonyl (C=O) groups is 1. The molecule has 2 aromatic rings. The number of carbonyl (C=O) groups excluding carboxylic acids is 1. The van der Waals surface area contributed by atoms with Gasteiger partial charge in [-0.3, -0.25) is 4.79 Å². The Labute approximate surface area is 134 Å². The monoisotopic (exact) mass is 322 g/mol. The molecule has 1 amide bonds. The maximum atomic E-state index is 12.1. The number of aryl methyl sites for hydroxylation is 2. The third-order valence-electron chi connectivity index (χ3n) is 3.30. The second-order valence-corrected chi connectivity index (χ2v) is 5.29. The van der Waals surface area contributed by atoms with Gasteiger partial charge in [-0.25, -0.2) is 0 Å². The van der Waals surface area contributed by atoms with E-state index in [4.69, 9.17) is 20.9 Å². The van der Waals surface area contributed by atoms with Gasteiger partial charge in [-0.05, 0) is 42.1 Å². The van der Waals surface area contributed by atoms with Gasteiger partial charge in [-0.1, -0.05) is 31.5 Å². The van der Waals surface area contributed by atoms with Gasteiger partial charge >= 0.3 is 0 Å². The normalized spacial score (nSPS) is 10.5. The average molecular weight is 323 g/mol. The van der Waals surface area contributed by atoms with Crippen molar-refractivity contribution < 1.29 is 14.1 Å². The standard InChI is InChI=1S/C16H19ClN2O3/c1-4-11-6-7-13(17)12(5-2)16(11)18-14(20)9-21-15-8-10(3)22-19-15/h6-8H,4-5,9H2,1-3H3,(H,18,20). The quantitative estimate of drug-likeness (QED) is 0.879. The molecule has 118 valence electrons. The van der Waals surface area contributed by atoms with Crippen LogP contribution in [0, 0.1) is 6.92 Å². The van der Waals surface area contributed by atoms with Crippen molar-refractivity contribution in [1.29, 1.82) is 0 Å². The molecule has 0 fully saturated rings. The molecule has 0 aliphatic heterocycles. The zero-order valence-electron chi connectivity index (χ0n) is 12.9. The second-order valence-electron chi connectivity index (χ2n) is 4.88. The summed E-state index contributed by atoms with van der Waals surface area (Å²) < 4.78 is 10.2. The molecule has 2 rings (SSSR count). The number of rotatable bonds is 6. The minimum atomic E-state index is -0.257. The Kier molecular flexibility index (Phi) is 5.44. The SMILES string of the molecule is CCc1ccc(Cl)c(CC)c1NC(=O)COc1cc(C)on1. The number of nitrogens with zero attached hydrogens (tertiary/aromatic N) is 1. The Hall–Kier alpha value is -2.01. The molecule has 1 aromatic carbocycles. The lowest BCUT2D eigenvalue weighted by Crippen LogP contribution is -2.22. The van der Waals surface area contributed by atoms with E-state index < -0.39 is 0 Å². The number of hydrogen-bond donors (Lipinski definition) is 1. The average Bonchev–Trinajstić information content (AvgIpc) is 2.91. The predicted molar refractivity (Wildman–Crippen MR) is 85.6 cm³/mol. The van der Waals surface area contributed by atoms with Crippen LogP contribution in [0.25, 0.3) is 0 Å². The van der Waals surface area contributed by atoms with Gasteiger partial charge in [-0.2, -0.15) is 0 Å². The molecular weight excluding hydrogens is 304 g/mol. The Morgan fingerprint density at radius 1 is 1.36 bits per heavy atom. The van der Waals surface area contributed by atoms with Gasteiger partial charge in [-0.15, -0.1) is 0 Å². The van der Waals surface area contributed by atoms with Crippen molar-refractivity contribution in [1.82, 2.24) is 5.16 Å². The number of ether oxygens (including phenoxy) is 1. The predicted octanol–water partition coefficient (Wildman–Crippen LogP) is 3.78. The van der Waals surface area contributed by atoms with E-state index in [1.165, 1.54) is 0 Å².